The zero-order chi connectivity index (χ0) is 33.1. The Morgan fingerprint density at radius 3 is 1.84 bits per heavy atom. The van der Waals surface area contributed by atoms with E-state index in [9.17, 15) is 28.8 Å². The van der Waals surface area contributed by atoms with Gasteiger partial charge in [-0.05, 0) is 23.6 Å². The van der Waals surface area contributed by atoms with Crippen LogP contribution in [0.25, 0.3) is 22.3 Å². The SMILES string of the molecule is CCOC(=O)c1c(-c2ccc(-c3ccccc3)cc2)csc1NC(=O)[C@H](OC(C)=O)[C@H](OC(C)=O)[C@H](COC(C)=O)OC(C)=O. The van der Waals surface area contributed by atoms with E-state index in [-0.39, 0.29) is 17.2 Å². The van der Waals surface area contributed by atoms with Gasteiger partial charge < -0.3 is 29.0 Å². The average molecular weight is 640 g/mol. The number of carbonyl (C=O) groups is 6. The maximum absolute atomic E-state index is 13.7. The largest absolute Gasteiger partial charge is 0.462 e. The lowest BCUT2D eigenvalue weighted by Gasteiger charge is -2.30. The quantitative estimate of drug-likeness (QED) is 0.206. The molecule has 45 heavy (non-hydrogen) atoms. The highest BCUT2D eigenvalue weighted by atomic mass is 32.1. The standard InChI is InChI=1S/C32H33NO11S/c1-6-40-32(39)27-25(24-14-12-23(13-15-24)22-10-8-7-9-11-22)17-45-31(27)33-30(38)29(44-21(5)37)28(43-20(4)36)26(42-19(3)35)16-41-18(2)34/h7-15,17,26,28-29H,6,16H2,1-5H3,(H,33,38)/t26-,28+,29+/m0/s1. The average Bonchev–Trinajstić information content (AvgIpc) is 3.40. The Labute approximate surface area is 263 Å². The second-order valence-corrected chi connectivity index (χ2v) is 10.4. The molecule has 238 valence electrons. The van der Waals surface area contributed by atoms with E-state index in [2.05, 4.69) is 5.32 Å². The molecule has 12 nitrogen and oxygen atoms in total. The van der Waals surface area contributed by atoms with Crippen LogP contribution in [0.4, 0.5) is 5.00 Å². The van der Waals surface area contributed by atoms with Gasteiger partial charge in [-0.2, -0.15) is 0 Å². The molecule has 0 spiro atoms. The van der Waals surface area contributed by atoms with Crippen molar-refractivity contribution in [3.8, 4) is 22.3 Å². The summed E-state index contributed by atoms with van der Waals surface area (Å²) in [5.41, 5.74) is 3.15. The van der Waals surface area contributed by atoms with Crippen LogP contribution in [-0.4, -0.2) is 67.3 Å². The van der Waals surface area contributed by atoms with Gasteiger partial charge in [0, 0.05) is 38.6 Å². The van der Waals surface area contributed by atoms with Crippen LogP contribution in [0.1, 0.15) is 45.0 Å². The molecule has 0 aliphatic heterocycles. The second-order valence-electron chi connectivity index (χ2n) is 9.56. The number of esters is 5. The lowest BCUT2D eigenvalue weighted by molar-refractivity contribution is -0.190. The highest BCUT2D eigenvalue weighted by molar-refractivity contribution is 7.15. The molecule has 1 aromatic heterocycles. The van der Waals surface area contributed by atoms with E-state index in [1.807, 2.05) is 54.6 Å². The minimum atomic E-state index is -1.89. The molecule has 1 heterocycles. The first-order valence-corrected chi connectivity index (χ1v) is 14.7. The van der Waals surface area contributed by atoms with Crippen molar-refractivity contribution in [1.82, 2.24) is 0 Å². The van der Waals surface area contributed by atoms with Crippen molar-refractivity contribution in [3.05, 3.63) is 65.5 Å². The summed E-state index contributed by atoms with van der Waals surface area (Å²) < 4.78 is 25.9. The molecule has 0 radical (unpaired) electrons. The van der Waals surface area contributed by atoms with Crippen LogP contribution in [0.2, 0.25) is 0 Å². The first-order valence-electron chi connectivity index (χ1n) is 13.8. The van der Waals surface area contributed by atoms with E-state index in [1.54, 1.807) is 12.3 Å². The lowest BCUT2D eigenvalue weighted by Crippen LogP contribution is -2.52. The molecule has 3 atom stereocenters. The minimum Gasteiger partial charge on any atom is -0.462 e. The number of benzene rings is 2. The van der Waals surface area contributed by atoms with E-state index in [0.29, 0.717) is 11.1 Å². The first-order chi connectivity index (χ1) is 21.4. The molecular formula is C32H33NO11S. The summed E-state index contributed by atoms with van der Waals surface area (Å²) in [7, 11) is 0. The van der Waals surface area contributed by atoms with E-state index >= 15 is 0 Å². The Morgan fingerprint density at radius 2 is 1.29 bits per heavy atom. The van der Waals surface area contributed by atoms with E-state index in [0.717, 1.165) is 50.2 Å². The fourth-order valence-corrected chi connectivity index (χ4v) is 5.27. The smallest absolute Gasteiger partial charge is 0.341 e. The predicted octanol–water partition coefficient (Wildman–Crippen LogP) is 4.56. The summed E-state index contributed by atoms with van der Waals surface area (Å²) >= 11 is 1.01. The molecule has 3 rings (SSSR count). The molecule has 0 fully saturated rings. The molecule has 0 saturated heterocycles. The molecule has 1 N–H and O–H groups in total. The first kappa shape index (κ1) is 34.5. The van der Waals surface area contributed by atoms with E-state index in [4.69, 9.17) is 23.7 Å². The highest BCUT2D eigenvalue weighted by Gasteiger charge is 2.43. The topological polar surface area (TPSA) is 161 Å². The van der Waals surface area contributed by atoms with Gasteiger partial charge in [0.25, 0.3) is 5.91 Å². The summed E-state index contributed by atoms with van der Waals surface area (Å²) in [5.74, 6) is -5.17. The van der Waals surface area contributed by atoms with E-state index < -0.39 is 60.7 Å². The summed E-state index contributed by atoms with van der Waals surface area (Å²) in [6.07, 6.45) is -5.15. The number of carbonyl (C=O) groups excluding carboxylic acids is 6. The zero-order valence-electron chi connectivity index (χ0n) is 25.3. The Hall–Kier alpha value is -5.04. The Kier molecular flexibility index (Phi) is 12.4. The summed E-state index contributed by atoms with van der Waals surface area (Å²) in [6, 6.07) is 17.2. The maximum Gasteiger partial charge on any atom is 0.341 e. The highest BCUT2D eigenvalue weighted by Crippen LogP contribution is 2.37. The van der Waals surface area contributed by atoms with Crippen molar-refractivity contribution in [3.63, 3.8) is 0 Å². The molecule has 0 unspecified atom stereocenters. The fraction of sp³-hybridized carbons (Fsp3) is 0.312. The van der Waals surface area contributed by atoms with E-state index in [1.165, 1.54) is 0 Å². The summed E-state index contributed by atoms with van der Waals surface area (Å²) in [5, 5.41) is 4.29. The van der Waals surface area contributed by atoms with Gasteiger partial charge >= 0.3 is 29.8 Å². The van der Waals surface area contributed by atoms with Crippen LogP contribution in [0.5, 0.6) is 0 Å². The zero-order valence-corrected chi connectivity index (χ0v) is 26.1. The van der Waals surface area contributed by atoms with Gasteiger partial charge in [-0.15, -0.1) is 11.3 Å². The summed E-state index contributed by atoms with van der Waals surface area (Å²) in [6.45, 7) is 5.27. The van der Waals surface area contributed by atoms with Gasteiger partial charge in [-0.3, -0.25) is 24.0 Å². The monoisotopic (exact) mass is 639 g/mol. The maximum atomic E-state index is 13.7. The van der Waals surface area contributed by atoms with Gasteiger partial charge in [0.1, 0.15) is 17.2 Å². The van der Waals surface area contributed by atoms with Gasteiger partial charge in [0.15, 0.2) is 12.2 Å². The van der Waals surface area contributed by atoms with Crippen LogP contribution in [-0.2, 0) is 47.7 Å². The van der Waals surface area contributed by atoms with Crippen molar-refractivity contribution < 1.29 is 52.5 Å². The fourth-order valence-electron chi connectivity index (χ4n) is 4.31. The van der Waals surface area contributed by atoms with Crippen molar-refractivity contribution in [2.24, 2.45) is 0 Å². The predicted molar refractivity (Wildman–Crippen MR) is 163 cm³/mol. The number of rotatable bonds is 13. The third-order valence-electron chi connectivity index (χ3n) is 6.10. The van der Waals surface area contributed by atoms with Crippen LogP contribution in [0.3, 0.4) is 0 Å². The molecule has 3 aromatic rings. The number of anilines is 1. The van der Waals surface area contributed by atoms with Crippen molar-refractivity contribution >= 4 is 52.1 Å². The van der Waals surface area contributed by atoms with Gasteiger partial charge in [0.2, 0.25) is 6.10 Å². The van der Waals surface area contributed by atoms with Crippen LogP contribution < -0.4 is 5.32 Å². The van der Waals surface area contributed by atoms with Crippen molar-refractivity contribution in [2.45, 2.75) is 52.9 Å². The molecular weight excluding hydrogens is 606 g/mol. The van der Waals surface area contributed by atoms with Gasteiger partial charge in [-0.25, -0.2) is 4.79 Å². The Morgan fingerprint density at radius 1 is 0.711 bits per heavy atom. The molecule has 0 saturated carbocycles. The lowest BCUT2D eigenvalue weighted by atomic mass is 9.99. The van der Waals surface area contributed by atoms with Gasteiger partial charge in [0.05, 0.1) is 6.61 Å². The minimum absolute atomic E-state index is 0.0460. The number of nitrogens with one attached hydrogen (secondary N) is 1. The van der Waals surface area contributed by atoms with Crippen LogP contribution in [0.15, 0.2) is 60.0 Å². The number of amides is 1. The molecule has 1 amide bonds. The second kappa shape index (κ2) is 16.1. The molecule has 0 aliphatic rings. The van der Waals surface area contributed by atoms with Crippen molar-refractivity contribution in [1.29, 1.82) is 0 Å². The number of hydrogen-bond acceptors (Lipinski definition) is 12. The molecule has 2 aromatic carbocycles. The molecule has 0 bridgehead atoms. The van der Waals surface area contributed by atoms with Crippen LogP contribution >= 0.6 is 11.3 Å². The number of thiophene rings is 1. The summed E-state index contributed by atoms with van der Waals surface area (Å²) in [4.78, 5) is 74.3. The molecule has 13 heteroatoms. The number of hydrogen-bond donors (Lipinski definition) is 1. The normalized spacial score (nSPS) is 12.6. The van der Waals surface area contributed by atoms with Crippen LogP contribution in [0, 0.1) is 0 Å². The number of ether oxygens (including phenoxy) is 5. The third kappa shape index (κ3) is 9.73. The Bertz CT molecular complexity index is 1530. The third-order valence-corrected chi connectivity index (χ3v) is 6.99. The molecule has 0 aliphatic carbocycles. The van der Waals surface area contributed by atoms with Gasteiger partial charge in [-0.1, -0.05) is 54.6 Å². The van der Waals surface area contributed by atoms with Crippen molar-refractivity contribution in [2.75, 3.05) is 18.5 Å². The Balaban J connectivity index is 2.02.